The number of nitro groups is 1. The molecule has 0 amide bonds. The van der Waals surface area contributed by atoms with E-state index in [0.717, 1.165) is 0 Å². The first-order valence-corrected chi connectivity index (χ1v) is 4.56. The quantitative estimate of drug-likeness (QED) is 0.470. The first-order chi connectivity index (χ1) is 6.99. The van der Waals surface area contributed by atoms with Gasteiger partial charge < -0.3 is 5.11 Å². The lowest BCUT2D eigenvalue weighted by Crippen LogP contribution is -1.97. The zero-order chi connectivity index (χ0) is 11.6. The highest BCUT2D eigenvalue weighted by Gasteiger charge is 2.18. The van der Waals surface area contributed by atoms with Gasteiger partial charge in [-0.1, -0.05) is 6.08 Å². The minimum atomic E-state index is -0.436. The third-order valence-corrected chi connectivity index (χ3v) is 2.48. The van der Waals surface area contributed by atoms with Gasteiger partial charge in [-0.05, 0) is 20.3 Å². The number of aromatic hydroxyl groups is 1. The van der Waals surface area contributed by atoms with Gasteiger partial charge in [-0.25, -0.2) is 0 Å². The highest BCUT2D eigenvalue weighted by molar-refractivity contribution is 5.55. The molecule has 4 nitrogen and oxygen atoms in total. The SMILES string of the molecule is C=CCc1cc([N+](=O)[O-])c(C)c(C)c1O. The summed E-state index contributed by atoms with van der Waals surface area (Å²) in [5.41, 5.74) is 1.65. The van der Waals surface area contributed by atoms with Gasteiger partial charge in [0.25, 0.3) is 5.69 Å². The van der Waals surface area contributed by atoms with Crippen LogP contribution in [0.15, 0.2) is 18.7 Å². The summed E-state index contributed by atoms with van der Waals surface area (Å²) in [4.78, 5) is 10.3. The molecule has 0 heterocycles. The average Bonchev–Trinajstić information content (AvgIpc) is 2.18. The molecule has 1 aromatic rings. The van der Waals surface area contributed by atoms with Crippen molar-refractivity contribution in [2.45, 2.75) is 20.3 Å². The Morgan fingerprint density at radius 3 is 2.60 bits per heavy atom. The van der Waals surface area contributed by atoms with E-state index in [9.17, 15) is 15.2 Å². The van der Waals surface area contributed by atoms with Crippen molar-refractivity contribution >= 4 is 5.69 Å². The number of rotatable bonds is 3. The molecule has 1 rings (SSSR count). The summed E-state index contributed by atoms with van der Waals surface area (Å²) >= 11 is 0. The van der Waals surface area contributed by atoms with Crippen LogP contribution in [-0.2, 0) is 6.42 Å². The molecule has 1 N–H and O–H groups in total. The van der Waals surface area contributed by atoms with E-state index in [0.29, 0.717) is 23.1 Å². The minimum Gasteiger partial charge on any atom is -0.507 e. The number of hydrogen-bond donors (Lipinski definition) is 1. The molecule has 4 heteroatoms. The Morgan fingerprint density at radius 1 is 1.53 bits per heavy atom. The Hall–Kier alpha value is -1.84. The van der Waals surface area contributed by atoms with Crippen LogP contribution in [0.25, 0.3) is 0 Å². The number of phenolic OH excluding ortho intramolecular Hbond substituents is 1. The maximum absolute atomic E-state index is 10.7. The van der Waals surface area contributed by atoms with E-state index < -0.39 is 4.92 Å². The number of nitrogens with zero attached hydrogens (tertiary/aromatic N) is 1. The Bertz CT molecular complexity index is 424. The maximum atomic E-state index is 10.7. The van der Waals surface area contributed by atoms with Crippen molar-refractivity contribution in [3.05, 3.63) is 45.5 Å². The second-order valence-corrected chi connectivity index (χ2v) is 3.40. The van der Waals surface area contributed by atoms with Gasteiger partial charge >= 0.3 is 0 Å². The average molecular weight is 207 g/mol. The van der Waals surface area contributed by atoms with Crippen LogP contribution < -0.4 is 0 Å². The van der Waals surface area contributed by atoms with E-state index in [1.165, 1.54) is 6.07 Å². The highest BCUT2D eigenvalue weighted by Crippen LogP contribution is 2.32. The van der Waals surface area contributed by atoms with Gasteiger partial charge in [0.05, 0.1) is 4.92 Å². The molecule has 0 spiro atoms. The molecule has 0 saturated carbocycles. The van der Waals surface area contributed by atoms with Gasteiger partial charge in [0.2, 0.25) is 0 Å². The summed E-state index contributed by atoms with van der Waals surface area (Å²) in [7, 11) is 0. The largest absolute Gasteiger partial charge is 0.507 e. The molecule has 80 valence electrons. The fraction of sp³-hybridized carbons (Fsp3) is 0.273. The Kier molecular flexibility index (Phi) is 3.09. The highest BCUT2D eigenvalue weighted by atomic mass is 16.6. The van der Waals surface area contributed by atoms with Gasteiger partial charge in [0, 0.05) is 22.8 Å². The third-order valence-electron chi connectivity index (χ3n) is 2.48. The van der Waals surface area contributed by atoms with Gasteiger partial charge in [-0.3, -0.25) is 10.1 Å². The summed E-state index contributed by atoms with van der Waals surface area (Å²) in [6.45, 7) is 6.84. The van der Waals surface area contributed by atoms with Crippen LogP contribution in [0, 0.1) is 24.0 Å². The molecular weight excluding hydrogens is 194 g/mol. The van der Waals surface area contributed by atoms with Crippen molar-refractivity contribution in [2.24, 2.45) is 0 Å². The van der Waals surface area contributed by atoms with Crippen molar-refractivity contribution in [2.75, 3.05) is 0 Å². The molecule has 0 saturated heterocycles. The van der Waals surface area contributed by atoms with Gasteiger partial charge in [-0.15, -0.1) is 6.58 Å². The molecule has 0 aromatic heterocycles. The lowest BCUT2D eigenvalue weighted by Gasteiger charge is -2.08. The van der Waals surface area contributed by atoms with Gasteiger partial charge in [0.1, 0.15) is 5.75 Å². The summed E-state index contributed by atoms with van der Waals surface area (Å²) in [6, 6.07) is 1.40. The van der Waals surface area contributed by atoms with E-state index in [1.807, 2.05) is 0 Å². The minimum absolute atomic E-state index is 0.0437. The van der Waals surface area contributed by atoms with E-state index in [1.54, 1.807) is 19.9 Å². The molecule has 0 aliphatic carbocycles. The van der Waals surface area contributed by atoms with Crippen LogP contribution in [0.3, 0.4) is 0 Å². The second kappa shape index (κ2) is 4.13. The summed E-state index contributed by atoms with van der Waals surface area (Å²) in [5, 5.41) is 20.5. The molecule has 0 radical (unpaired) electrons. The molecule has 15 heavy (non-hydrogen) atoms. The van der Waals surface area contributed by atoms with Crippen molar-refractivity contribution in [3.63, 3.8) is 0 Å². The first kappa shape index (κ1) is 11.2. The lowest BCUT2D eigenvalue weighted by atomic mass is 10.0. The van der Waals surface area contributed by atoms with Crippen LogP contribution in [-0.4, -0.2) is 10.0 Å². The Balaban J connectivity index is 3.44. The second-order valence-electron chi connectivity index (χ2n) is 3.40. The smallest absolute Gasteiger partial charge is 0.273 e. The van der Waals surface area contributed by atoms with Crippen LogP contribution in [0.1, 0.15) is 16.7 Å². The molecule has 0 aliphatic heterocycles. The summed E-state index contributed by atoms with van der Waals surface area (Å²) in [5.74, 6) is 0.123. The van der Waals surface area contributed by atoms with Crippen molar-refractivity contribution in [3.8, 4) is 5.75 Å². The van der Waals surface area contributed by atoms with Crippen molar-refractivity contribution in [1.29, 1.82) is 0 Å². The van der Waals surface area contributed by atoms with Crippen LogP contribution in [0.2, 0.25) is 0 Å². The van der Waals surface area contributed by atoms with Crippen LogP contribution in [0.5, 0.6) is 5.75 Å². The van der Waals surface area contributed by atoms with Crippen LogP contribution in [0.4, 0.5) is 5.69 Å². The monoisotopic (exact) mass is 207 g/mol. The molecular formula is C11H13NO3. The van der Waals surface area contributed by atoms with Crippen LogP contribution >= 0.6 is 0 Å². The number of allylic oxidation sites excluding steroid dienone is 1. The van der Waals surface area contributed by atoms with E-state index in [4.69, 9.17) is 0 Å². The first-order valence-electron chi connectivity index (χ1n) is 4.56. The zero-order valence-electron chi connectivity index (χ0n) is 8.78. The van der Waals surface area contributed by atoms with E-state index >= 15 is 0 Å². The number of benzene rings is 1. The molecule has 0 aliphatic rings. The Labute approximate surface area is 88.0 Å². The number of nitro benzene ring substituents is 1. The molecule has 0 atom stereocenters. The lowest BCUT2D eigenvalue weighted by molar-refractivity contribution is -0.385. The van der Waals surface area contributed by atoms with E-state index in [-0.39, 0.29) is 11.4 Å². The predicted octanol–water partition coefficient (Wildman–Crippen LogP) is 2.65. The molecule has 0 fully saturated rings. The molecule has 0 bridgehead atoms. The van der Waals surface area contributed by atoms with Crippen molar-refractivity contribution < 1.29 is 10.0 Å². The topological polar surface area (TPSA) is 63.4 Å². The zero-order valence-corrected chi connectivity index (χ0v) is 8.78. The maximum Gasteiger partial charge on any atom is 0.273 e. The number of hydrogen-bond acceptors (Lipinski definition) is 3. The predicted molar refractivity (Wildman–Crippen MR) is 58.1 cm³/mol. The fourth-order valence-electron chi connectivity index (χ4n) is 1.45. The van der Waals surface area contributed by atoms with Gasteiger partial charge in [0.15, 0.2) is 0 Å². The van der Waals surface area contributed by atoms with E-state index in [2.05, 4.69) is 6.58 Å². The summed E-state index contributed by atoms with van der Waals surface area (Å²) < 4.78 is 0. The third kappa shape index (κ3) is 1.98. The van der Waals surface area contributed by atoms with Gasteiger partial charge in [-0.2, -0.15) is 0 Å². The van der Waals surface area contributed by atoms with Crippen molar-refractivity contribution in [1.82, 2.24) is 0 Å². The molecule has 0 unspecified atom stereocenters. The normalized spacial score (nSPS) is 10.0. The molecule has 1 aromatic carbocycles. The fourth-order valence-corrected chi connectivity index (χ4v) is 1.45. The Morgan fingerprint density at radius 2 is 2.13 bits per heavy atom. The standard InChI is InChI=1S/C11H13NO3/c1-4-5-9-6-10(12(14)15)7(2)8(3)11(9)13/h4,6,13H,1,5H2,2-3H3. The summed E-state index contributed by atoms with van der Waals surface area (Å²) in [6.07, 6.45) is 2.03. The number of phenols is 1.